The first-order valence-corrected chi connectivity index (χ1v) is 7.35. The van der Waals surface area contributed by atoms with Crippen LogP contribution in [-0.2, 0) is 6.42 Å². The van der Waals surface area contributed by atoms with Crippen LogP contribution < -0.4 is 5.32 Å². The average Bonchev–Trinajstić information content (AvgIpc) is 2.47. The van der Waals surface area contributed by atoms with Crippen LogP contribution in [0.15, 0.2) is 34.8 Å². The maximum atomic E-state index is 4.69. The zero-order chi connectivity index (χ0) is 13.7. The van der Waals surface area contributed by atoms with E-state index in [4.69, 9.17) is 4.98 Å². The number of aryl methyl sites for hydroxylation is 1. The minimum atomic E-state index is 0.847. The van der Waals surface area contributed by atoms with E-state index >= 15 is 0 Å². The van der Waals surface area contributed by atoms with E-state index in [2.05, 4.69) is 45.3 Å². The van der Waals surface area contributed by atoms with E-state index in [9.17, 15) is 0 Å². The predicted octanol–water partition coefficient (Wildman–Crippen LogP) is 4.29. The van der Waals surface area contributed by atoms with Crippen molar-refractivity contribution < 1.29 is 0 Å². The fourth-order valence-electron chi connectivity index (χ4n) is 1.89. The highest BCUT2D eigenvalue weighted by Gasteiger charge is 2.12. The quantitative estimate of drug-likeness (QED) is 0.893. The van der Waals surface area contributed by atoms with Crippen LogP contribution in [0.2, 0.25) is 0 Å². The van der Waals surface area contributed by atoms with Crippen molar-refractivity contribution in [3.8, 4) is 11.3 Å². The van der Waals surface area contributed by atoms with Gasteiger partial charge >= 0.3 is 0 Å². The third-order valence-corrected chi connectivity index (χ3v) is 3.69. The molecular weight excluding hydrogens is 302 g/mol. The van der Waals surface area contributed by atoms with Crippen LogP contribution in [0.5, 0.6) is 0 Å². The molecule has 0 fully saturated rings. The molecular formula is C15H18BrN3. The van der Waals surface area contributed by atoms with Crippen molar-refractivity contribution in [1.29, 1.82) is 0 Å². The Morgan fingerprint density at radius 3 is 2.53 bits per heavy atom. The molecule has 0 radical (unpaired) electrons. The lowest BCUT2D eigenvalue weighted by Gasteiger charge is -2.11. The Bertz CT molecular complexity index is 541. The number of halogens is 1. The van der Waals surface area contributed by atoms with E-state index in [1.54, 1.807) is 0 Å². The van der Waals surface area contributed by atoms with Crippen LogP contribution in [-0.4, -0.2) is 17.0 Å². The first-order chi connectivity index (χ1) is 9.26. The van der Waals surface area contributed by atoms with E-state index in [1.807, 2.05) is 25.2 Å². The minimum Gasteiger partial charge on any atom is -0.372 e. The second kappa shape index (κ2) is 6.66. The topological polar surface area (TPSA) is 37.8 Å². The highest BCUT2D eigenvalue weighted by Crippen LogP contribution is 2.31. The van der Waals surface area contributed by atoms with Gasteiger partial charge in [0, 0.05) is 19.0 Å². The van der Waals surface area contributed by atoms with Gasteiger partial charge in [0.25, 0.3) is 0 Å². The molecule has 2 rings (SSSR count). The SMILES string of the molecule is CCCCc1nc(NC)c(Br)c(-c2ccccc2)n1. The number of nitrogens with one attached hydrogen (secondary N) is 1. The van der Waals surface area contributed by atoms with Gasteiger partial charge in [0.2, 0.25) is 0 Å². The number of nitrogens with zero attached hydrogens (tertiary/aromatic N) is 2. The van der Waals surface area contributed by atoms with Crippen molar-refractivity contribution in [2.45, 2.75) is 26.2 Å². The molecule has 19 heavy (non-hydrogen) atoms. The lowest BCUT2D eigenvalue weighted by atomic mass is 10.1. The minimum absolute atomic E-state index is 0.847. The van der Waals surface area contributed by atoms with Crippen LogP contribution in [0.3, 0.4) is 0 Å². The molecule has 0 unspecified atom stereocenters. The van der Waals surface area contributed by atoms with Crippen molar-refractivity contribution in [3.05, 3.63) is 40.6 Å². The zero-order valence-corrected chi connectivity index (χ0v) is 12.9. The summed E-state index contributed by atoms with van der Waals surface area (Å²) < 4.78 is 0.918. The van der Waals surface area contributed by atoms with Gasteiger partial charge in [-0.2, -0.15) is 0 Å². The predicted molar refractivity (Wildman–Crippen MR) is 83.3 cm³/mol. The molecule has 100 valence electrons. The number of hydrogen-bond donors (Lipinski definition) is 1. The van der Waals surface area contributed by atoms with Gasteiger partial charge in [-0.15, -0.1) is 0 Å². The monoisotopic (exact) mass is 319 g/mol. The summed E-state index contributed by atoms with van der Waals surface area (Å²) in [4.78, 5) is 9.24. The summed E-state index contributed by atoms with van der Waals surface area (Å²) in [5, 5.41) is 3.12. The summed E-state index contributed by atoms with van der Waals surface area (Å²) in [5.41, 5.74) is 2.05. The Morgan fingerprint density at radius 1 is 1.16 bits per heavy atom. The summed E-state index contributed by atoms with van der Waals surface area (Å²) in [6.07, 6.45) is 3.17. The van der Waals surface area contributed by atoms with Crippen LogP contribution in [0, 0.1) is 0 Å². The average molecular weight is 320 g/mol. The molecule has 1 N–H and O–H groups in total. The third kappa shape index (κ3) is 3.32. The van der Waals surface area contributed by atoms with Gasteiger partial charge in [-0.05, 0) is 22.4 Å². The Balaban J connectivity index is 2.46. The number of rotatable bonds is 5. The molecule has 0 amide bonds. The maximum absolute atomic E-state index is 4.69. The number of unbranched alkanes of at least 4 members (excludes halogenated alkanes) is 1. The van der Waals surface area contributed by atoms with Crippen LogP contribution in [0.1, 0.15) is 25.6 Å². The summed E-state index contributed by atoms with van der Waals surface area (Å²) in [6, 6.07) is 10.2. The second-order valence-electron chi connectivity index (χ2n) is 4.37. The molecule has 0 spiro atoms. The lowest BCUT2D eigenvalue weighted by Crippen LogP contribution is -2.03. The summed E-state index contributed by atoms with van der Waals surface area (Å²) in [7, 11) is 1.88. The van der Waals surface area contributed by atoms with E-state index < -0.39 is 0 Å². The highest BCUT2D eigenvalue weighted by atomic mass is 79.9. The van der Waals surface area contributed by atoms with Gasteiger partial charge in [-0.25, -0.2) is 9.97 Å². The standard InChI is InChI=1S/C15H18BrN3/c1-3-4-10-12-18-14(11-8-6-5-7-9-11)13(16)15(17-2)19-12/h5-9H,3-4,10H2,1-2H3,(H,17,18,19). The van der Waals surface area contributed by atoms with Crippen molar-refractivity contribution in [2.24, 2.45) is 0 Å². The zero-order valence-electron chi connectivity index (χ0n) is 11.3. The molecule has 0 aliphatic carbocycles. The van der Waals surface area contributed by atoms with Crippen LogP contribution in [0.25, 0.3) is 11.3 Å². The fourth-order valence-corrected chi connectivity index (χ4v) is 2.50. The largest absolute Gasteiger partial charge is 0.372 e. The van der Waals surface area contributed by atoms with E-state index in [0.717, 1.165) is 46.6 Å². The van der Waals surface area contributed by atoms with Crippen molar-refractivity contribution in [2.75, 3.05) is 12.4 Å². The Labute approximate surface area is 122 Å². The molecule has 4 heteroatoms. The Hall–Kier alpha value is -1.42. The van der Waals surface area contributed by atoms with Gasteiger partial charge < -0.3 is 5.32 Å². The number of benzene rings is 1. The highest BCUT2D eigenvalue weighted by molar-refractivity contribution is 9.10. The molecule has 1 heterocycles. The summed E-state index contributed by atoms with van der Waals surface area (Å²) >= 11 is 3.59. The van der Waals surface area contributed by atoms with Crippen LogP contribution in [0.4, 0.5) is 5.82 Å². The Kier molecular flexibility index (Phi) is 4.91. The molecule has 0 saturated heterocycles. The summed E-state index contributed by atoms with van der Waals surface area (Å²) in [6.45, 7) is 2.18. The van der Waals surface area contributed by atoms with Gasteiger partial charge in [0.05, 0.1) is 10.2 Å². The maximum Gasteiger partial charge on any atom is 0.144 e. The third-order valence-electron chi connectivity index (χ3n) is 2.94. The molecule has 0 saturated carbocycles. The number of aromatic nitrogens is 2. The molecule has 0 aliphatic rings. The Morgan fingerprint density at radius 2 is 1.89 bits per heavy atom. The lowest BCUT2D eigenvalue weighted by molar-refractivity contribution is 0.753. The van der Waals surface area contributed by atoms with Crippen molar-refractivity contribution in [1.82, 2.24) is 9.97 Å². The van der Waals surface area contributed by atoms with Gasteiger partial charge in [-0.3, -0.25) is 0 Å². The van der Waals surface area contributed by atoms with E-state index in [1.165, 1.54) is 0 Å². The van der Waals surface area contributed by atoms with E-state index in [-0.39, 0.29) is 0 Å². The molecule has 0 aliphatic heterocycles. The van der Waals surface area contributed by atoms with Crippen molar-refractivity contribution >= 4 is 21.7 Å². The summed E-state index contributed by atoms with van der Waals surface area (Å²) in [5.74, 6) is 1.74. The molecule has 3 nitrogen and oxygen atoms in total. The van der Waals surface area contributed by atoms with Gasteiger partial charge in [0.15, 0.2) is 0 Å². The molecule has 1 aromatic carbocycles. The van der Waals surface area contributed by atoms with Crippen LogP contribution >= 0.6 is 15.9 Å². The van der Waals surface area contributed by atoms with Gasteiger partial charge in [-0.1, -0.05) is 43.7 Å². The fraction of sp³-hybridized carbons (Fsp3) is 0.333. The molecule has 1 aromatic heterocycles. The smallest absolute Gasteiger partial charge is 0.144 e. The normalized spacial score (nSPS) is 10.5. The van der Waals surface area contributed by atoms with E-state index in [0.29, 0.717) is 0 Å². The first-order valence-electron chi connectivity index (χ1n) is 6.55. The molecule has 0 bridgehead atoms. The number of hydrogen-bond acceptors (Lipinski definition) is 3. The molecule has 2 aromatic rings. The second-order valence-corrected chi connectivity index (χ2v) is 5.16. The van der Waals surface area contributed by atoms with Crippen molar-refractivity contribution in [3.63, 3.8) is 0 Å². The van der Waals surface area contributed by atoms with Gasteiger partial charge in [0.1, 0.15) is 11.6 Å². The first kappa shape index (κ1) is 14.0. The molecule has 0 atom stereocenters. The number of anilines is 1.